The van der Waals surface area contributed by atoms with E-state index in [0.29, 0.717) is 10.7 Å². The van der Waals surface area contributed by atoms with Gasteiger partial charge >= 0.3 is 0 Å². The molecule has 0 aliphatic carbocycles. The van der Waals surface area contributed by atoms with Gasteiger partial charge in [0, 0.05) is 10.0 Å². The number of amides is 1. The molecule has 0 aliphatic heterocycles. The fourth-order valence-electron chi connectivity index (χ4n) is 2.72. The van der Waals surface area contributed by atoms with Crippen molar-refractivity contribution in [3.8, 4) is 0 Å². The molecule has 1 amide bonds. The summed E-state index contributed by atoms with van der Waals surface area (Å²) in [6.07, 6.45) is 0. The minimum Gasteiger partial charge on any atom is -0.323 e. The van der Waals surface area contributed by atoms with Gasteiger partial charge in [0.1, 0.15) is 6.54 Å². The van der Waals surface area contributed by atoms with E-state index in [4.69, 9.17) is 34.8 Å². The molecule has 9 heteroatoms. The minimum absolute atomic E-state index is 0.0368. The van der Waals surface area contributed by atoms with Gasteiger partial charge in [0.2, 0.25) is 5.91 Å². The molecule has 30 heavy (non-hydrogen) atoms. The molecular weight excluding hydrogens is 467 g/mol. The second kappa shape index (κ2) is 9.27. The van der Waals surface area contributed by atoms with Crippen molar-refractivity contribution in [1.29, 1.82) is 0 Å². The highest BCUT2D eigenvalue weighted by Gasteiger charge is 2.28. The van der Waals surface area contributed by atoms with Gasteiger partial charge in [0.05, 0.1) is 21.3 Å². The van der Waals surface area contributed by atoms with Crippen molar-refractivity contribution in [3.05, 3.63) is 87.4 Å². The maximum atomic E-state index is 13.4. The van der Waals surface area contributed by atoms with Crippen LogP contribution in [0.2, 0.25) is 15.1 Å². The predicted molar refractivity (Wildman–Crippen MR) is 122 cm³/mol. The van der Waals surface area contributed by atoms with Crippen molar-refractivity contribution in [1.82, 2.24) is 0 Å². The highest BCUT2D eigenvalue weighted by atomic mass is 35.5. The minimum atomic E-state index is -4.08. The monoisotopic (exact) mass is 482 g/mol. The lowest BCUT2D eigenvalue weighted by molar-refractivity contribution is -0.114. The van der Waals surface area contributed by atoms with Crippen LogP contribution in [0.1, 0.15) is 5.56 Å². The molecule has 0 saturated heterocycles. The lowest BCUT2D eigenvalue weighted by Crippen LogP contribution is -2.38. The lowest BCUT2D eigenvalue weighted by atomic mass is 10.2. The van der Waals surface area contributed by atoms with Crippen molar-refractivity contribution < 1.29 is 13.2 Å². The molecule has 0 fully saturated rings. The van der Waals surface area contributed by atoms with Crippen LogP contribution in [0.25, 0.3) is 0 Å². The SMILES string of the molecule is Cc1ccc(S(=O)(=O)N(CC(=O)Nc2ccccc2Cl)c2cc(Cl)cc(Cl)c2)cc1. The molecule has 0 spiro atoms. The van der Waals surface area contributed by atoms with E-state index < -0.39 is 22.5 Å². The largest absolute Gasteiger partial charge is 0.323 e. The second-order valence-electron chi connectivity index (χ2n) is 6.48. The Kier molecular flexibility index (Phi) is 6.93. The maximum Gasteiger partial charge on any atom is 0.264 e. The number of nitrogens with one attached hydrogen (secondary N) is 1. The number of aryl methyl sites for hydroxylation is 1. The first-order chi connectivity index (χ1) is 14.2. The van der Waals surface area contributed by atoms with E-state index in [2.05, 4.69) is 5.32 Å². The third-order valence-corrected chi connectivity index (χ3v) is 6.73. The number of benzene rings is 3. The zero-order valence-electron chi connectivity index (χ0n) is 15.8. The molecule has 3 aromatic rings. The molecule has 3 aromatic carbocycles. The lowest BCUT2D eigenvalue weighted by Gasteiger charge is -2.24. The summed E-state index contributed by atoms with van der Waals surface area (Å²) in [6.45, 7) is 1.35. The fraction of sp³-hybridized carbons (Fsp3) is 0.0952. The highest BCUT2D eigenvalue weighted by molar-refractivity contribution is 7.92. The molecule has 0 radical (unpaired) electrons. The third-order valence-electron chi connectivity index (χ3n) is 4.18. The average molecular weight is 484 g/mol. The van der Waals surface area contributed by atoms with Crippen molar-refractivity contribution >= 4 is 62.1 Å². The summed E-state index contributed by atoms with van der Waals surface area (Å²) >= 11 is 18.2. The Morgan fingerprint density at radius 1 is 0.933 bits per heavy atom. The van der Waals surface area contributed by atoms with Crippen molar-refractivity contribution in [2.75, 3.05) is 16.2 Å². The number of sulfonamides is 1. The molecule has 156 valence electrons. The van der Waals surface area contributed by atoms with Gasteiger partial charge in [0.15, 0.2) is 0 Å². The Morgan fingerprint density at radius 3 is 2.13 bits per heavy atom. The Bertz CT molecular complexity index is 1160. The van der Waals surface area contributed by atoms with Crippen molar-refractivity contribution in [3.63, 3.8) is 0 Å². The van der Waals surface area contributed by atoms with E-state index in [1.54, 1.807) is 36.4 Å². The normalized spacial score (nSPS) is 11.2. The van der Waals surface area contributed by atoms with Gasteiger partial charge in [-0.3, -0.25) is 9.10 Å². The van der Waals surface area contributed by atoms with Gasteiger partial charge in [-0.05, 0) is 49.4 Å². The summed E-state index contributed by atoms with van der Waals surface area (Å²) in [7, 11) is -4.08. The van der Waals surface area contributed by atoms with Crippen LogP contribution >= 0.6 is 34.8 Å². The first-order valence-electron chi connectivity index (χ1n) is 8.77. The van der Waals surface area contributed by atoms with Crippen LogP contribution in [-0.2, 0) is 14.8 Å². The van der Waals surface area contributed by atoms with Crippen LogP contribution in [0, 0.1) is 6.92 Å². The fourth-order valence-corrected chi connectivity index (χ4v) is 4.82. The third kappa shape index (κ3) is 5.26. The maximum absolute atomic E-state index is 13.4. The van der Waals surface area contributed by atoms with E-state index in [1.165, 1.54) is 30.3 Å². The van der Waals surface area contributed by atoms with Crippen molar-refractivity contribution in [2.24, 2.45) is 0 Å². The predicted octanol–water partition coefficient (Wildman–Crippen LogP) is 5.79. The number of halogens is 3. The molecule has 0 bridgehead atoms. The van der Waals surface area contributed by atoms with E-state index in [1.807, 2.05) is 6.92 Å². The highest BCUT2D eigenvalue weighted by Crippen LogP contribution is 2.30. The zero-order chi connectivity index (χ0) is 21.9. The Hall–Kier alpha value is -2.25. The molecule has 3 rings (SSSR count). The van der Waals surface area contributed by atoms with E-state index in [0.717, 1.165) is 9.87 Å². The molecule has 5 nitrogen and oxygen atoms in total. The van der Waals surface area contributed by atoms with Gasteiger partial charge in [-0.1, -0.05) is 64.6 Å². The number of hydrogen-bond acceptors (Lipinski definition) is 3. The molecule has 0 heterocycles. The first-order valence-corrected chi connectivity index (χ1v) is 11.3. The number of hydrogen-bond donors (Lipinski definition) is 1. The second-order valence-corrected chi connectivity index (χ2v) is 9.62. The van der Waals surface area contributed by atoms with E-state index in [-0.39, 0.29) is 20.6 Å². The molecule has 1 N–H and O–H groups in total. The molecule has 0 aliphatic rings. The molecule has 0 saturated carbocycles. The zero-order valence-corrected chi connectivity index (χ0v) is 18.9. The number of anilines is 2. The van der Waals surface area contributed by atoms with Crippen molar-refractivity contribution in [2.45, 2.75) is 11.8 Å². The van der Waals surface area contributed by atoms with Gasteiger partial charge in [-0.25, -0.2) is 8.42 Å². The Balaban J connectivity index is 2.00. The van der Waals surface area contributed by atoms with Crippen LogP contribution in [0.5, 0.6) is 0 Å². The summed E-state index contributed by atoms with van der Waals surface area (Å²) in [5.74, 6) is -0.574. The average Bonchev–Trinajstić information content (AvgIpc) is 2.67. The van der Waals surface area contributed by atoms with Crippen LogP contribution in [0.15, 0.2) is 71.6 Å². The van der Waals surface area contributed by atoms with Crippen LogP contribution < -0.4 is 9.62 Å². The molecule has 0 unspecified atom stereocenters. The number of para-hydroxylation sites is 1. The number of carbonyl (C=O) groups excluding carboxylic acids is 1. The number of rotatable bonds is 6. The Morgan fingerprint density at radius 2 is 1.53 bits per heavy atom. The summed E-state index contributed by atoms with van der Waals surface area (Å²) < 4.78 is 27.7. The molecule has 0 atom stereocenters. The summed E-state index contributed by atoms with van der Waals surface area (Å²) in [5.41, 5.74) is 1.45. The number of nitrogens with zero attached hydrogens (tertiary/aromatic N) is 1. The van der Waals surface area contributed by atoms with Crippen LogP contribution in [0.4, 0.5) is 11.4 Å². The smallest absolute Gasteiger partial charge is 0.264 e. The summed E-state index contributed by atoms with van der Waals surface area (Å²) in [5, 5.41) is 3.45. The van der Waals surface area contributed by atoms with Gasteiger partial charge < -0.3 is 5.32 Å². The quantitative estimate of drug-likeness (QED) is 0.482. The van der Waals surface area contributed by atoms with E-state index >= 15 is 0 Å². The van der Waals surface area contributed by atoms with Crippen LogP contribution in [0.3, 0.4) is 0 Å². The van der Waals surface area contributed by atoms with Gasteiger partial charge in [-0.15, -0.1) is 0 Å². The topological polar surface area (TPSA) is 66.5 Å². The van der Waals surface area contributed by atoms with Crippen LogP contribution in [-0.4, -0.2) is 20.9 Å². The number of carbonyl (C=O) groups is 1. The molecule has 0 aromatic heterocycles. The van der Waals surface area contributed by atoms with E-state index in [9.17, 15) is 13.2 Å². The Labute approximate surface area is 190 Å². The summed E-state index contributed by atoms with van der Waals surface area (Å²) in [6, 6.07) is 17.3. The summed E-state index contributed by atoms with van der Waals surface area (Å²) in [4.78, 5) is 12.7. The van der Waals surface area contributed by atoms with Gasteiger partial charge in [0.25, 0.3) is 10.0 Å². The molecular formula is C21H17Cl3N2O3S. The van der Waals surface area contributed by atoms with Gasteiger partial charge in [-0.2, -0.15) is 0 Å². The first kappa shape index (κ1) is 22.4. The standard InChI is InChI=1S/C21H17Cl3N2O3S/c1-14-6-8-18(9-7-14)30(28,29)26(17-11-15(22)10-16(23)12-17)13-21(27)25-20-5-3-2-4-19(20)24/h2-12H,13H2,1H3,(H,25,27).